The van der Waals surface area contributed by atoms with E-state index in [9.17, 15) is 9.59 Å². The number of aromatic amines is 1. The molecule has 0 atom stereocenters. The first-order valence-electron chi connectivity index (χ1n) is 8.43. The number of H-pyrrole nitrogens is 1. The maximum absolute atomic E-state index is 12.7. The van der Waals surface area contributed by atoms with Crippen LogP contribution in [0.4, 0.5) is 5.82 Å². The van der Waals surface area contributed by atoms with Crippen molar-refractivity contribution in [2.75, 3.05) is 31.1 Å². The summed E-state index contributed by atoms with van der Waals surface area (Å²) in [6.45, 7) is 2.66. The van der Waals surface area contributed by atoms with Crippen LogP contribution in [0.3, 0.4) is 0 Å². The third-order valence-electron chi connectivity index (χ3n) is 4.86. The second-order valence-corrected chi connectivity index (χ2v) is 6.34. The number of carbonyl (C=O) groups excluding carboxylic acids is 1. The van der Waals surface area contributed by atoms with E-state index in [0.29, 0.717) is 13.1 Å². The SMILES string of the molecule is O=C(c1cc2c([nH]c1=O)CCC2)N1CCN(c2ccccn2)CC1. The highest BCUT2D eigenvalue weighted by Crippen LogP contribution is 2.20. The van der Waals surface area contributed by atoms with Crippen LogP contribution in [0.1, 0.15) is 28.0 Å². The van der Waals surface area contributed by atoms with Gasteiger partial charge in [-0.25, -0.2) is 4.98 Å². The molecule has 1 aliphatic heterocycles. The second-order valence-electron chi connectivity index (χ2n) is 6.34. The molecular weight excluding hydrogens is 304 g/mol. The van der Waals surface area contributed by atoms with Gasteiger partial charge in [0, 0.05) is 38.1 Å². The number of pyridine rings is 2. The minimum Gasteiger partial charge on any atom is -0.353 e. The molecule has 0 saturated carbocycles. The summed E-state index contributed by atoms with van der Waals surface area (Å²) in [5, 5.41) is 0. The van der Waals surface area contributed by atoms with Gasteiger partial charge in [0.2, 0.25) is 0 Å². The lowest BCUT2D eigenvalue weighted by atomic mass is 10.1. The minimum absolute atomic E-state index is 0.161. The van der Waals surface area contributed by atoms with Crippen molar-refractivity contribution in [2.24, 2.45) is 0 Å². The molecule has 3 heterocycles. The predicted octanol–water partition coefficient (Wildman–Crippen LogP) is 1.22. The Balaban J connectivity index is 1.48. The summed E-state index contributed by atoms with van der Waals surface area (Å²) in [6, 6.07) is 7.63. The number of hydrogen-bond acceptors (Lipinski definition) is 4. The monoisotopic (exact) mass is 324 g/mol. The molecule has 6 heteroatoms. The van der Waals surface area contributed by atoms with Gasteiger partial charge in [-0.15, -0.1) is 0 Å². The van der Waals surface area contributed by atoms with E-state index in [2.05, 4.69) is 14.9 Å². The van der Waals surface area contributed by atoms with Crippen molar-refractivity contribution >= 4 is 11.7 Å². The molecule has 1 fully saturated rings. The van der Waals surface area contributed by atoms with E-state index in [0.717, 1.165) is 49.4 Å². The van der Waals surface area contributed by atoms with Crippen LogP contribution >= 0.6 is 0 Å². The molecule has 1 saturated heterocycles. The minimum atomic E-state index is -0.257. The van der Waals surface area contributed by atoms with Gasteiger partial charge in [-0.1, -0.05) is 6.07 Å². The molecule has 0 bridgehead atoms. The highest BCUT2D eigenvalue weighted by molar-refractivity contribution is 5.94. The zero-order valence-electron chi connectivity index (χ0n) is 13.5. The van der Waals surface area contributed by atoms with Crippen molar-refractivity contribution in [1.29, 1.82) is 0 Å². The van der Waals surface area contributed by atoms with Crippen LogP contribution in [-0.2, 0) is 12.8 Å². The Bertz CT molecular complexity index is 808. The quantitative estimate of drug-likeness (QED) is 0.902. The number of hydrogen-bond donors (Lipinski definition) is 1. The van der Waals surface area contributed by atoms with Gasteiger partial charge in [0.15, 0.2) is 0 Å². The number of fused-ring (bicyclic) bond motifs is 1. The molecule has 2 aromatic rings. The largest absolute Gasteiger partial charge is 0.353 e. The van der Waals surface area contributed by atoms with Crippen LogP contribution in [0, 0.1) is 0 Å². The average Bonchev–Trinajstić information content (AvgIpc) is 3.08. The molecule has 124 valence electrons. The van der Waals surface area contributed by atoms with Gasteiger partial charge >= 0.3 is 0 Å². The van der Waals surface area contributed by atoms with Gasteiger partial charge in [0.05, 0.1) is 0 Å². The fourth-order valence-electron chi connectivity index (χ4n) is 3.52. The fourth-order valence-corrected chi connectivity index (χ4v) is 3.52. The van der Waals surface area contributed by atoms with Crippen molar-refractivity contribution in [1.82, 2.24) is 14.9 Å². The average molecular weight is 324 g/mol. The summed E-state index contributed by atoms with van der Waals surface area (Å²) in [5.41, 5.74) is 2.14. The number of amides is 1. The number of carbonyl (C=O) groups is 1. The van der Waals surface area contributed by atoms with Crippen LogP contribution < -0.4 is 10.5 Å². The van der Waals surface area contributed by atoms with Crippen LogP contribution in [0.25, 0.3) is 0 Å². The number of aryl methyl sites for hydroxylation is 2. The Hall–Kier alpha value is -2.63. The lowest BCUT2D eigenvalue weighted by molar-refractivity contribution is 0.0744. The standard InChI is InChI=1S/C18H20N4O2/c23-17-14(12-13-4-3-5-15(13)20-17)18(24)22-10-8-21(9-11-22)16-6-1-2-7-19-16/h1-2,6-7,12H,3-5,8-11H2,(H,20,23). The molecule has 0 radical (unpaired) electrons. The van der Waals surface area contributed by atoms with E-state index in [1.165, 1.54) is 0 Å². The van der Waals surface area contributed by atoms with Crippen molar-refractivity contribution in [3.8, 4) is 0 Å². The topological polar surface area (TPSA) is 69.3 Å². The molecule has 1 amide bonds. The molecule has 1 N–H and O–H groups in total. The highest BCUT2D eigenvalue weighted by atomic mass is 16.2. The molecule has 2 aromatic heterocycles. The molecule has 1 aliphatic carbocycles. The van der Waals surface area contributed by atoms with Gasteiger partial charge in [0.1, 0.15) is 11.4 Å². The van der Waals surface area contributed by atoms with E-state index in [1.54, 1.807) is 17.2 Å². The van der Waals surface area contributed by atoms with Crippen LogP contribution in [0.2, 0.25) is 0 Å². The van der Waals surface area contributed by atoms with Crippen LogP contribution in [0.5, 0.6) is 0 Å². The summed E-state index contributed by atoms with van der Waals surface area (Å²) in [7, 11) is 0. The number of rotatable bonds is 2. The van der Waals surface area contributed by atoms with Crippen molar-refractivity contribution in [3.63, 3.8) is 0 Å². The van der Waals surface area contributed by atoms with Gasteiger partial charge < -0.3 is 14.8 Å². The van der Waals surface area contributed by atoms with E-state index >= 15 is 0 Å². The molecule has 0 spiro atoms. The number of piperazine rings is 1. The van der Waals surface area contributed by atoms with Crippen LogP contribution in [0.15, 0.2) is 35.3 Å². The first kappa shape index (κ1) is 14.9. The van der Waals surface area contributed by atoms with E-state index in [1.807, 2.05) is 18.2 Å². The summed E-state index contributed by atoms with van der Waals surface area (Å²) < 4.78 is 0. The highest BCUT2D eigenvalue weighted by Gasteiger charge is 2.26. The smallest absolute Gasteiger partial charge is 0.261 e. The van der Waals surface area contributed by atoms with E-state index in [-0.39, 0.29) is 17.0 Å². The fraction of sp³-hybridized carbons (Fsp3) is 0.389. The van der Waals surface area contributed by atoms with Gasteiger partial charge in [-0.3, -0.25) is 9.59 Å². The first-order valence-corrected chi connectivity index (χ1v) is 8.43. The zero-order valence-corrected chi connectivity index (χ0v) is 13.5. The van der Waals surface area contributed by atoms with E-state index < -0.39 is 0 Å². The first-order chi connectivity index (χ1) is 11.7. The lowest BCUT2D eigenvalue weighted by Crippen LogP contribution is -2.49. The summed E-state index contributed by atoms with van der Waals surface area (Å²) in [5.74, 6) is 0.770. The van der Waals surface area contributed by atoms with Gasteiger partial charge in [-0.05, 0) is 43.0 Å². The van der Waals surface area contributed by atoms with Crippen molar-refractivity contribution in [3.05, 3.63) is 57.6 Å². The Morgan fingerprint density at radius 1 is 1.12 bits per heavy atom. The number of aromatic nitrogens is 2. The Morgan fingerprint density at radius 2 is 1.96 bits per heavy atom. The number of nitrogens with zero attached hydrogens (tertiary/aromatic N) is 3. The van der Waals surface area contributed by atoms with Gasteiger partial charge in [-0.2, -0.15) is 0 Å². The summed E-state index contributed by atoms with van der Waals surface area (Å²) in [6.07, 6.45) is 4.67. The second kappa shape index (κ2) is 6.11. The Labute approximate surface area is 140 Å². The molecule has 4 rings (SSSR count). The van der Waals surface area contributed by atoms with Gasteiger partial charge in [0.25, 0.3) is 11.5 Å². The lowest BCUT2D eigenvalue weighted by Gasteiger charge is -2.35. The number of nitrogens with one attached hydrogen (secondary N) is 1. The van der Waals surface area contributed by atoms with Crippen LogP contribution in [-0.4, -0.2) is 47.0 Å². The van der Waals surface area contributed by atoms with Crippen molar-refractivity contribution in [2.45, 2.75) is 19.3 Å². The molecule has 6 nitrogen and oxygen atoms in total. The third kappa shape index (κ3) is 2.68. The maximum atomic E-state index is 12.7. The number of anilines is 1. The third-order valence-corrected chi connectivity index (χ3v) is 4.86. The molecular formula is C18H20N4O2. The van der Waals surface area contributed by atoms with Crippen molar-refractivity contribution < 1.29 is 4.79 Å². The maximum Gasteiger partial charge on any atom is 0.261 e. The normalized spacial score (nSPS) is 17.0. The molecule has 2 aliphatic rings. The van der Waals surface area contributed by atoms with E-state index in [4.69, 9.17) is 0 Å². The predicted molar refractivity (Wildman–Crippen MR) is 91.4 cm³/mol. The summed E-state index contributed by atoms with van der Waals surface area (Å²) >= 11 is 0. The Kier molecular flexibility index (Phi) is 3.80. The summed E-state index contributed by atoms with van der Waals surface area (Å²) in [4.78, 5) is 36.1. The molecule has 24 heavy (non-hydrogen) atoms. The zero-order chi connectivity index (χ0) is 16.5. The molecule has 0 unspecified atom stereocenters. The molecule has 0 aromatic carbocycles. The Morgan fingerprint density at radius 3 is 2.71 bits per heavy atom.